The molecule has 0 radical (unpaired) electrons. The molecule has 0 saturated carbocycles. The quantitative estimate of drug-likeness (QED) is 0.619. The summed E-state index contributed by atoms with van der Waals surface area (Å²) in [5.41, 5.74) is 5.71. The monoisotopic (exact) mass is 295 g/mol. The molecule has 2 heterocycles. The van der Waals surface area contributed by atoms with Gasteiger partial charge >= 0.3 is 0 Å². The molecule has 0 amide bonds. The Bertz CT molecular complexity index is 445. The van der Waals surface area contributed by atoms with Crippen molar-refractivity contribution < 1.29 is 10.2 Å². The van der Waals surface area contributed by atoms with Gasteiger partial charge in [-0.15, -0.1) is 0 Å². The second-order valence-corrected chi connectivity index (χ2v) is 5.51. The molecule has 1 aromatic rings. The van der Waals surface area contributed by atoms with E-state index in [9.17, 15) is 5.11 Å². The van der Waals surface area contributed by atoms with E-state index in [1.165, 1.54) is 0 Å². The number of hydrogen-bond acceptors (Lipinski definition) is 7. The lowest BCUT2D eigenvalue weighted by Crippen LogP contribution is -2.35. The summed E-state index contributed by atoms with van der Waals surface area (Å²) in [6.45, 7) is 6.35. The lowest BCUT2D eigenvalue weighted by atomic mass is 9.96. The Morgan fingerprint density at radius 1 is 1.38 bits per heavy atom. The zero-order valence-corrected chi connectivity index (χ0v) is 12.5. The fourth-order valence-electron chi connectivity index (χ4n) is 2.88. The molecule has 2 rings (SSSR count). The van der Waals surface area contributed by atoms with Gasteiger partial charge in [0.05, 0.1) is 6.61 Å². The molecule has 21 heavy (non-hydrogen) atoms. The number of hydrogen-bond donors (Lipinski definition) is 3. The lowest BCUT2D eigenvalue weighted by Gasteiger charge is -2.25. The van der Waals surface area contributed by atoms with Crippen LogP contribution in [-0.4, -0.2) is 71.0 Å². The highest BCUT2D eigenvalue weighted by atomic mass is 16.3. The largest absolute Gasteiger partial charge is 0.396 e. The van der Waals surface area contributed by atoms with Gasteiger partial charge in [0.25, 0.3) is 0 Å². The number of aliphatic hydroxyl groups is 2. The van der Waals surface area contributed by atoms with Crippen LogP contribution in [0.3, 0.4) is 0 Å². The average Bonchev–Trinajstić information content (AvgIpc) is 2.90. The van der Waals surface area contributed by atoms with Crippen molar-refractivity contribution in [2.75, 3.05) is 56.6 Å². The molecule has 4 N–H and O–H groups in total. The molecule has 0 spiro atoms. The van der Waals surface area contributed by atoms with Crippen LogP contribution < -0.4 is 10.6 Å². The Balaban J connectivity index is 2.03. The minimum Gasteiger partial charge on any atom is -0.396 e. The summed E-state index contributed by atoms with van der Waals surface area (Å²) in [5.74, 6) is 1.62. The van der Waals surface area contributed by atoms with Gasteiger partial charge in [-0.3, -0.25) is 0 Å². The summed E-state index contributed by atoms with van der Waals surface area (Å²) in [7, 11) is 0. The zero-order valence-electron chi connectivity index (χ0n) is 12.5. The van der Waals surface area contributed by atoms with Crippen LogP contribution in [-0.2, 0) is 0 Å². The number of anilines is 2. The van der Waals surface area contributed by atoms with Crippen LogP contribution >= 0.6 is 0 Å². The highest BCUT2D eigenvalue weighted by molar-refractivity contribution is 5.39. The average molecular weight is 295 g/mol. The van der Waals surface area contributed by atoms with Crippen LogP contribution in [0.15, 0.2) is 12.3 Å². The molecule has 1 aliphatic rings. The summed E-state index contributed by atoms with van der Waals surface area (Å²) in [6, 6.07) is 1.67. The van der Waals surface area contributed by atoms with E-state index in [2.05, 4.69) is 26.7 Å². The molecule has 1 fully saturated rings. The predicted molar refractivity (Wildman–Crippen MR) is 81.9 cm³/mol. The fraction of sp³-hybridized carbons (Fsp3) is 0.714. The van der Waals surface area contributed by atoms with E-state index in [-0.39, 0.29) is 19.1 Å². The van der Waals surface area contributed by atoms with Crippen molar-refractivity contribution in [3.8, 4) is 0 Å². The van der Waals surface area contributed by atoms with E-state index in [0.29, 0.717) is 24.2 Å². The predicted octanol–water partition coefficient (Wildman–Crippen LogP) is -0.582. The Hall–Kier alpha value is -1.44. The van der Waals surface area contributed by atoms with Crippen molar-refractivity contribution in [2.24, 2.45) is 11.8 Å². The number of likely N-dealkylation sites (N-methyl/N-ethyl adjacent to an activating group) is 1. The number of aliphatic hydroxyl groups excluding tert-OH is 2. The van der Waals surface area contributed by atoms with Crippen LogP contribution in [0.1, 0.15) is 6.92 Å². The number of nitrogen functional groups attached to an aromatic ring is 1. The van der Waals surface area contributed by atoms with E-state index in [4.69, 9.17) is 10.8 Å². The summed E-state index contributed by atoms with van der Waals surface area (Å²) in [6.07, 6.45) is 1.66. The van der Waals surface area contributed by atoms with Gasteiger partial charge < -0.3 is 25.7 Å². The van der Waals surface area contributed by atoms with Gasteiger partial charge in [-0.25, -0.2) is 4.98 Å². The first-order valence-electron chi connectivity index (χ1n) is 7.45. The summed E-state index contributed by atoms with van der Waals surface area (Å²) in [5, 5.41) is 18.7. The number of rotatable bonds is 7. The maximum atomic E-state index is 9.61. The minimum atomic E-state index is 0.153. The van der Waals surface area contributed by atoms with Gasteiger partial charge in [0.15, 0.2) is 0 Å². The standard InChI is InChI=1S/C14H25N5O2/c1-2-18(5-6-20)7-11-8-19(9-12(11)10-21)14-16-4-3-13(15)17-14/h3-4,11-12,20-21H,2,5-10H2,1H3,(H2,15,16,17)/t11-,12-/m1/s1. The first-order valence-corrected chi connectivity index (χ1v) is 7.45. The Morgan fingerprint density at radius 3 is 2.76 bits per heavy atom. The third kappa shape index (κ3) is 4.03. The van der Waals surface area contributed by atoms with E-state index in [1.807, 2.05) is 0 Å². The van der Waals surface area contributed by atoms with Gasteiger partial charge in [-0.1, -0.05) is 6.92 Å². The molecule has 0 unspecified atom stereocenters. The first-order chi connectivity index (χ1) is 10.2. The van der Waals surface area contributed by atoms with Crippen molar-refractivity contribution >= 4 is 11.8 Å². The van der Waals surface area contributed by atoms with Crippen LogP contribution in [0.4, 0.5) is 11.8 Å². The van der Waals surface area contributed by atoms with Gasteiger partial charge in [0.2, 0.25) is 5.95 Å². The zero-order chi connectivity index (χ0) is 15.2. The molecule has 2 atom stereocenters. The van der Waals surface area contributed by atoms with E-state index in [1.54, 1.807) is 12.3 Å². The normalized spacial score (nSPS) is 22.2. The Kier molecular flexibility index (Phi) is 5.72. The van der Waals surface area contributed by atoms with Crippen molar-refractivity contribution in [1.29, 1.82) is 0 Å². The van der Waals surface area contributed by atoms with Gasteiger partial charge in [0, 0.05) is 44.9 Å². The summed E-state index contributed by atoms with van der Waals surface area (Å²) < 4.78 is 0. The molecule has 1 aliphatic heterocycles. The van der Waals surface area contributed by atoms with Crippen LogP contribution in [0.25, 0.3) is 0 Å². The van der Waals surface area contributed by atoms with Crippen molar-refractivity contribution in [2.45, 2.75) is 6.92 Å². The highest BCUT2D eigenvalue weighted by Crippen LogP contribution is 2.27. The minimum absolute atomic E-state index is 0.153. The van der Waals surface area contributed by atoms with E-state index < -0.39 is 0 Å². The van der Waals surface area contributed by atoms with Gasteiger partial charge in [-0.2, -0.15) is 4.98 Å². The van der Waals surface area contributed by atoms with Crippen molar-refractivity contribution in [3.63, 3.8) is 0 Å². The molecule has 0 aromatic carbocycles. The maximum Gasteiger partial charge on any atom is 0.227 e. The molecule has 0 bridgehead atoms. The molecule has 7 heteroatoms. The third-order valence-corrected chi connectivity index (χ3v) is 4.11. The molecule has 1 saturated heterocycles. The van der Waals surface area contributed by atoms with Crippen LogP contribution in [0, 0.1) is 11.8 Å². The molecule has 1 aromatic heterocycles. The molecular formula is C14H25N5O2. The Labute approximate surface area is 125 Å². The number of aromatic nitrogens is 2. The molecular weight excluding hydrogens is 270 g/mol. The Morgan fingerprint density at radius 2 is 2.14 bits per heavy atom. The third-order valence-electron chi connectivity index (χ3n) is 4.11. The summed E-state index contributed by atoms with van der Waals surface area (Å²) in [4.78, 5) is 12.8. The molecule has 7 nitrogen and oxygen atoms in total. The SMILES string of the molecule is CCN(CCO)C[C@@H]1CN(c2nccc(N)n2)C[C@@H]1CO. The van der Waals surface area contributed by atoms with Crippen LogP contribution in [0.5, 0.6) is 0 Å². The lowest BCUT2D eigenvalue weighted by molar-refractivity contribution is 0.147. The van der Waals surface area contributed by atoms with Crippen LogP contribution in [0.2, 0.25) is 0 Å². The molecule has 118 valence electrons. The smallest absolute Gasteiger partial charge is 0.227 e. The number of nitrogens with zero attached hydrogens (tertiary/aromatic N) is 4. The summed E-state index contributed by atoms with van der Waals surface area (Å²) >= 11 is 0. The molecule has 0 aliphatic carbocycles. The van der Waals surface area contributed by atoms with E-state index in [0.717, 1.165) is 26.2 Å². The highest BCUT2D eigenvalue weighted by Gasteiger charge is 2.34. The van der Waals surface area contributed by atoms with Crippen molar-refractivity contribution in [3.05, 3.63) is 12.3 Å². The topological polar surface area (TPSA) is 98.7 Å². The van der Waals surface area contributed by atoms with E-state index >= 15 is 0 Å². The van der Waals surface area contributed by atoms with Crippen molar-refractivity contribution in [1.82, 2.24) is 14.9 Å². The van der Waals surface area contributed by atoms with Gasteiger partial charge in [0.1, 0.15) is 5.82 Å². The fourth-order valence-corrected chi connectivity index (χ4v) is 2.88. The maximum absolute atomic E-state index is 9.61. The van der Waals surface area contributed by atoms with Gasteiger partial charge in [-0.05, 0) is 18.5 Å². The second-order valence-electron chi connectivity index (χ2n) is 5.51. The number of nitrogens with two attached hydrogens (primary N) is 1. The first kappa shape index (κ1) is 15.9. The second kappa shape index (κ2) is 7.53.